The molecule has 0 spiro atoms. The molecule has 0 aromatic heterocycles. The molecule has 1 atom stereocenters. The Morgan fingerprint density at radius 1 is 1.38 bits per heavy atom. The lowest BCUT2D eigenvalue weighted by molar-refractivity contribution is -0.150. The van der Waals surface area contributed by atoms with Crippen LogP contribution in [0.5, 0.6) is 0 Å². The molecule has 120 valence electrons. The summed E-state index contributed by atoms with van der Waals surface area (Å²) >= 11 is 0. The summed E-state index contributed by atoms with van der Waals surface area (Å²) in [5.41, 5.74) is -0.804. The molecule has 6 heteroatoms. The van der Waals surface area contributed by atoms with E-state index < -0.39 is 11.4 Å². The normalized spacial score (nSPS) is 27.4. The molecule has 2 aliphatic heterocycles. The van der Waals surface area contributed by atoms with Crippen LogP contribution in [0.4, 0.5) is 4.79 Å². The van der Waals surface area contributed by atoms with Gasteiger partial charge in [-0.2, -0.15) is 0 Å². The fraction of sp³-hybridized carbons (Fsp3) is 0.867. The van der Waals surface area contributed by atoms with Gasteiger partial charge in [0.15, 0.2) is 0 Å². The van der Waals surface area contributed by atoms with Gasteiger partial charge < -0.3 is 20.2 Å². The largest absolute Gasteiger partial charge is 0.481 e. The maximum Gasteiger partial charge on any atom is 0.320 e. The Morgan fingerprint density at radius 2 is 2.05 bits per heavy atom. The van der Waals surface area contributed by atoms with Crippen molar-refractivity contribution in [3.63, 3.8) is 0 Å². The fourth-order valence-corrected chi connectivity index (χ4v) is 3.43. The number of amides is 2. The van der Waals surface area contributed by atoms with Crippen LogP contribution in [-0.4, -0.2) is 65.7 Å². The van der Waals surface area contributed by atoms with Crippen LogP contribution in [0.1, 0.15) is 39.5 Å². The molecular weight excluding hydrogens is 270 g/mol. The number of rotatable bonds is 3. The maximum atomic E-state index is 12.8. The quantitative estimate of drug-likeness (QED) is 0.825. The van der Waals surface area contributed by atoms with Crippen LogP contribution in [0.25, 0.3) is 0 Å². The Kier molecular flexibility index (Phi) is 5.08. The van der Waals surface area contributed by atoms with Crippen LogP contribution in [0, 0.1) is 5.41 Å². The van der Waals surface area contributed by atoms with Crippen molar-refractivity contribution >= 4 is 12.0 Å². The molecule has 0 aromatic carbocycles. The van der Waals surface area contributed by atoms with E-state index in [1.807, 2.05) is 11.8 Å². The van der Waals surface area contributed by atoms with Crippen molar-refractivity contribution in [1.29, 1.82) is 0 Å². The van der Waals surface area contributed by atoms with Crippen LogP contribution in [0.2, 0.25) is 0 Å². The maximum absolute atomic E-state index is 12.8. The van der Waals surface area contributed by atoms with Crippen molar-refractivity contribution in [3.05, 3.63) is 0 Å². The van der Waals surface area contributed by atoms with Crippen LogP contribution in [0.3, 0.4) is 0 Å². The Morgan fingerprint density at radius 3 is 2.62 bits per heavy atom. The lowest BCUT2D eigenvalue weighted by Gasteiger charge is -2.42. The second-order valence-electron chi connectivity index (χ2n) is 6.44. The minimum absolute atomic E-state index is 0.0107. The summed E-state index contributed by atoms with van der Waals surface area (Å²) in [4.78, 5) is 27.9. The molecule has 2 fully saturated rings. The molecular formula is C15H27N3O3. The average molecular weight is 297 g/mol. The number of carbonyl (C=O) groups excluding carboxylic acids is 1. The van der Waals surface area contributed by atoms with Crippen molar-refractivity contribution in [2.45, 2.75) is 45.6 Å². The van der Waals surface area contributed by atoms with Gasteiger partial charge in [-0.1, -0.05) is 0 Å². The van der Waals surface area contributed by atoms with Crippen LogP contribution in [-0.2, 0) is 4.79 Å². The molecule has 0 bridgehead atoms. The molecule has 1 unspecified atom stereocenters. The summed E-state index contributed by atoms with van der Waals surface area (Å²) in [5, 5.41) is 12.7. The Bertz CT molecular complexity index is 396. The molecule has 2 amide bonds. The van der Waals surface area contributed by atoms with Crippen LogP contribution >= 0.6 is 0 Å². The monoisotopic (exact) mass is 297 g/mol. The molecule has 2 N–H and O–H groups in total. The molecule has 2 aliphatic rings. The summed E-state index contributed by atoms with van der Waals surface area (Å²) in [6, 6.07) is 0.290. The van der Waals surface area contributed by atoms with Crippen molar-refractivity contribution in [2.24, 2.45) is 5.41 Å². The SMILES string of the molecule is CCN(C(=O)N1CCCC(C)(C(=O)O)C1)C1CCNCC1. The number of carbonyl (C=O) groups is 2. The lowest BCUT2D eigenvalue weighted by Crippen LogP contribution is -2.55. The Balaban J connectivity index is 2.04. The first-order valence-electron chi connectivity index (χ1n) is 7.97. The van der Waals surface area contributed by atoms with Crippen molar-refractivity contribution < 1.29 is 14.7 Å². The zero-order chi connectivity index (χ0) is 15.5. The van der Waals surface area contributed by atoms with Gasteiger partial charge in [0.25, 0.3) is 0 Å². The number of aliphatic carboxylic acids is 1. The number of hydrogen-bond donors (Lipinski definition) is 2. The minimum Gasteiger partial charge on any atom is -0.481 e. The van der Waals surface area contributed by atoms with E-state index in [9.17, 15) is 14.7 Å². The van der Waals surface area contributed by atoms with Crippen molar-refractivity contribution in [1.82, 2.24) is 15.1 Å². The number of urea groups is 1. The zero-order valence-electron chi connectivity index (χ0n) is 13.1. The first-order valence-corrected chi connectivity index (χ1v) is 7.97. The molecule has 2 heterocycles. The van der Waals surface area contributed by atoms with Crippen molar-refractivity contribution in [2.75, 3.05) is 32.7 Å². The molecule has 0 radical (unpaired) electrons. The Labute approximate surface area is 126 Å². The third-order valence-electron chi connectivity index (χ3n) is 4.82. The molecule has 2 rings (SSSR count). The highest BCUT2D eigenvalue weighted by Crippen LogP contribution is 2.30. The Hall–Kier alpha value is -1.30. The topological polar surface area (TPSA) is 72.9 Å². The zero-order valence-corrected chi connectivity index (χ0v) is 13.1. The third kappa shape index (κ3) is 3.48. The van der Waals surface area contributed by atoms with E-state index in [0.717, 1.165) is 32.4 Å². The van der Waals surface area contributed by atoms with Gasteiger partial charge in [-0.3, -0.25) is 4.79 Å². The average Bonchev–Trinajstić information content (AvgIpc) is 2.49. The standard InChI is InChI=1S/C15H27N3O3/c1-3-18(12-5-8-16-9-6-12)14(21)17-10-4-7-15(2,11-17)13(19)20/h12,16H,3-11H2,1-2H3,(H,19,20). The van der Waals surface area contributed by atoms with Crippen molar-refractivity contribution in [3.8, 4) is 0 Å². The van der Waals surface area contributed by atoms with Crippen LogP contribution in [0.15, 0.2) is 0 Å². The highest BCUT2D eigenvalue weighted by Gasteiger charge is 2.40. The van der Waals surface area contributed by atoms with E-state index in [-0.39, 0.29) is 12.1 Å². The van der Waals surface area contributed by atoms with Gasteiger partial charge in [-0.15, -0.1) is 0 Å². The molecule has 21 heavy (non-hydrogen) atoms. The number of carboxylic acid groups (broad SMARTS) is 1. The van der Waals surface area contributed by atoms with E-state index in [1.165, 1.54) is 0 Å². The number of hydrogen-bond acceptors (Lipinski definition) is 3. The fourth-order valence-electron chi connectivity index (χ4n) is 3.43. The van der Waals surface area contributed by atoms with Gasteiger partial charge >= 0.3 is 12.0 Å². The smallest absolute Gasteiger partial charge is 0.320 e. The molecule has 0 aliphatic carbocycles. The minimum atomic E-state index is -0.804. The third-order valence-corrected chi connectivity index (χ3v) is 4.82. The van der Waals surface area contributed by atoms with Gasteiger partial charge in [0.2, 0.25) is 0 Å². The lowest BCUT2D eigenvalue weighted by atomic mass is 9.82. The molecule has 2 saturated heterocycles. The summed E-state index contributed by atoms with van der Waals surface area (Å²) in [5.74, 6) is -0.801. The second kappa shape index (κ2) is 6.64. The first kappa shape index (κ1) is 16.1. The summed E-state index contributed by atoms with van der Waals surface area (Å²) < 4.78 is 0. The highest BCUT2D eigenvalue weighted by atomic mass is 16.4. The molecule has 0 aromatic rings. The summed E-state index contributed by atoms with van der Waals surface area (Å²) in [6.07, 6.45) is 3.36. The first-order chi connectivity index (χ1) is 9.98. The van der Waals surface area contributed by atoms with Gasteiger partial charge in [0, 0.05) is 25.7 Å². The number of carboxylic acids is 1. The highest BCUT2D eigenvalue weighted by molar-refractivity contribution is 5.78. The van der Waals surface area contributed by atoms with Crippen LogP contribution < -0.4 is 5.32 Å². The van der Waals surface area contributed by atoms with Gasteiger partial charge in [-0.25, -0.2) is 4.79 Å². The summed E-state index contributed by atoms with van der Waals surface area (Å²) in [7, 11) is 0. The van der Waals surface area contributed by atoms with E-state index in [4.69, 9.17) is 0 Å². The number of likely N-dealkylation sites (tertiary alicyclic amines) is 1. The van der Waals surface area contributed by atoms with E-state index in [0.29, 0.717) is 26.1 Å². The van der Waals surface area contributed by atoms with E-state index in [1.54, 1.807) is 11.8 Å². The van der Waals surface area contributed by atoms with Gasteiger partial charge in [0.1, 0.15) is 0 Å². The van der Waals surface area contributed by atoms with Gasteiger partial charge in [0.05, 0.1) is 5.41 Å². The number of nitrogens with zero attached hydrogens (tertiary/aromatic N) is 2. The number of nitrogens with one attached hydrogen (secondary N) is 1. The number of piperidine rings is 2. The molecule has 6 nitrogen and oxygen atoms in total. The predicted octanol–water partition coefficient (Wildman–Crippen LogP) is 1.37. The van der Waals surface area contributed by atoms with E-state index in [2.05, 4.69) is 5.32 Å². The second-order valence-corrected chi connectivity index (χ2v) is 6.44. The summed E-state index contributed by atoms with van der Waals surface area (Å²) in [6.45, 7) is 7.31. The predicted molar refractivity (Wildman–Crippen MR) is 80.2 cm³/mol. The van der Waals surface area contributed by atoms with E-state index >= 15 is 0 Å². The van der Waals surface area contributed by atoms with Gasteiger partial charge in [-0.05, 0) is 52.6 Å². The molecule has 0 saturated carbocycles.